The van der Waals surface area contributed by atoms with E-state index in [1.165, 1.54) is 0 Å². The van der Waals surface area contributed by atoms with Crippen molar-refractivity contribution in [3.8, 4) is 5.75 Å². The Morgan fingerprint density at radius 2 is 1.52 bits per heavy atom. The van der Waals surface area contributed by atoms with Gasteiger partial charge in [-0.05, 0) is 52.7 Å². The zero-order valence-electron chi connectivity index (χ0n) is 27.3. The van der Waals surface area contributed by atoms with E-state index in [0.717, 1.165) is 5.56 Å². The molecule has 2 fully saturated rings. The topological polar surface area (TPSA) is 176 Å². The highest BCUT2D eigenvalue weighted by atomic mass is 16.3. The van der Waals surface area contributed by atoms with Crippen LogP contribution in [0.1, 0.15) is 88.9 Å². The fourth-order valence-corrected chi connectivity index (χ4v) is 7.50. The van der Waals surface area contributed by atoms with Gasteiger partial charge in [-0.3, -0.25) is 24.0 Å². The van der Waals surface area contributed by atoms with Crippen molar-refractivity contribution in [1.29, 1.82) is 0 Å². The normalized spacial score (nSPS) is 29.0. The number of ketones is 4. The van der Waals surface area contributed by atoms with Gasteiger partial charge in [0.2, 0.25) is 5.91 Å². The van der Waals surface area contributed by atoms with Crippen LogP contribution in [-0.4, -0.2) is 57.9 Å². The van der Waals surface area contributed by atoms with Crippen LogP contribution in [-0.2, 0) is 38.7 Å². The number of phenolic OH excluding ortho intramolecular Hbond substituents is 1. The van der Waals surface area contributed by atoms with Crippen LogP contribution >= 0.6 is 0 Å². The Morgan fingerprint density at radius 3 is 2.02 bits per heavy atom. The molecule has 6 N–H and O–H groups in total. The molecule has 6 atom stereocenters. The maximum atomic E-state index is 14.3. The monoisotopic (exact) mass is 611 g/mol. The maximum Gasteiger partial charge on any atom is 0.235 e. The number of fused-ring (bicyclic) bond motifs is 3. The van der Waals surface area contributed by atoms with Crippen molar-refractivity contribution in [2.75, 3.05) is 13.1 Å². The van der Waals surface area contributed by atoms with Crippen LogP contribution < -0.4 is 16.4 Å². The van der Waals surface area contributed by atoms with Gasteiger partial charge >= 0.3 is 0 Å². The van der Waals surface area contributed by atoms with Crippen LogP contribution in [0, 0.1) is 46.3 Å². The van der Waals surface area contributed by atoms with Gasteiger partial charge in [-0.2, -0.15) is 0 Å². The van der Waals surface area contributed by atoms with Crippen molar-refractivity contribution in [2.24, 2.45) is 52.1 Å². The van der Waals surface area contributed by atoms with Gasteiger partial charge in [-0.1, -0.05) is 55.4 Å². The van der Waals surface area contributed by atoms with E-state index in [9.17, 15) is 34.2 Å². The molecule has 3 aliphatic carbocycles. The summed E-state index contributed by atoms with van der Waals surface area (Å²) in [4.78, 5) is 67.6. The highest BCUT2D eigenvalue weighted by Gasteiger charge is 2.69. The van der Waals surface area contributed by atoms with Crippen LogP contribution in [0.2, 0.25) is 0 Å². The van der Waals surface area contributed by atoms with Crippen molar-refractivity contribution >= 4 is 29.0 Å². The van der Waals surface area contributed by atoms with E-state index in [-0.39, 0.29) is 35.0 Å². The summed E-state index contributed by atoms with van der Waals surface area (Å²) in [6.07, 6.45) is 0.320. The van der Waals surface area contributed by atoms with Gasteiger partial charge in [0.25, 0.3) is 0 Å². The number of carbonyl (C=O) groups is 5. The van der Waals surface area contributed by atoms with E-state index in [2.05, 4.69) is 52.2 Å². The number of nitrogens with one attached hydrogen (secondary N) is 2. The Labute approximate surface area is 259 Å². The number of aliphatic hydroxyl groups is 1. The predicted octanol–water partition coefficient (Wildman–Crippen LogP) is 2.48. The molecule has 0 aliphatic heterocycles. The van der Waals surface area contributed by atoms with Gasteiger partial charge < -0.3 is 26.6 Å². The lowest BCUT2D eigenvalue weighted by Gasteiger charge is -2.52. The first-order valence-electron chi connectivity index (χ1n) is 15.7. The number of nitrogens with two attached hydrogens (primary N) is 1. The Morgan fingerprint density at radius 1 is 0.977 bits per heavy atom. The summed E-state index contributed by atoms with van der Waals surface area (Å²) < 4.78 is 0. The number of Topliss-reactive ketones (excluding diaryl/α,β-unsaturated/α-hetero) is 4. The smallest absolute Gasteiger partial charge is 0.235 e. The zero-order chi connectivity index (χ0) is 33.1. The molecule has 0 radical (unpaired) electrons. The van der Waals surface area contributed by atoms with Gasteiger partial charge in [0.1, 0.15) is 5.75 Å². The molecule has 1 aromatic rings. The van der Waals surface area contributed by atoms with Crippen molar-refractivity contribution in [3.05, 3.63) is 28.3 Å². The fourth-order valence-electron chi connectivity index (χ4n) is 7.50. The molecular weight excluding hydrogens is 562 g/mol. The SMILES string of the molecule is CC(C)[C@@H]1C(=O)C(C(N)=O)C(=O)[C@@]2(O)C(=O)C3C(=O)c4c(O)c(CNCC(C)(C)C)cc(CNCC(C)(C)C)c4C[C@H]3C[C@@H]12. The fraction of sp³-hybridized carbons (Fsp3) is 0.676. The van der Waals surface area contributed by atoms with Crippen LogP contribution in [0.3, 0.4) is 0 Å². The molecule has 0 aromatic heterocycles. The van der Waals surface area contributed by atoms with Crippen molar-refractivity contribution in [2.45, 2.75) is 86.9 Å². The minimum Gasteiger partial charge on any atom is -0.507 e. The Balaban J connectivity index is 1.81. The number of benzene rings is 1. The molecule has 2 saturated carbocycles. The van der Waals surface area contributed by atoms with Gasteiger partial charge in [0.15, 0.2) is 34.7 Å². The molecule has 3 aliphatic rings. The summed E-state index contributed by atoms with van der Waals surface area (Å²) >= 11 is 0. The van der Waals surface area contributed by atoms with Gasteiger partial charge in [-0.15, -0.1) is 0 Å². The number of primary amides is 1. The van der Waals surface area contributed by atoms with E-state index < -0.39 is 70.1 Å². The molecule has 0 saturated heterocycles. The molecule has 242 valence electrons. The standard InChI is InChI=1S/C34H49N3O7/c1-16(2)22-21-11-17-10-20-18(12-36-14-32(3,4)5)9-19(13-37-15-33(6,7)8)26(38)24(20)28(40)23(17)29(41)34(21,44)30(42)25(27(22)39)31(35)43/h9,16-17,21-23,25,36-38,44H,10-15H2,1-8H3,(H2,35,43)/t17-,21-,22-,23?,25?,34-/m0/s1. The van der Waals surface area contributed by atoms with Crippen LogP contribution in [0.4, 0.5) is 0 Å². The molecule has 10 heteroatoms. The third kappa shape index (κ3) is 6.00. The average molecular weight is 612 g/mol. The molecule has 0 bridgehead atoms. The molecular formula is C34H49N3O7. The number of aromatic hydroxyl groups is 1. The van der Waals surface area contributed by atoms with Crippen molar-refractivity contribution < 1.29 is 34.2 Å². The Bertz CT molecular complexity index is 1390. The number of hydrogen-bond acceptors (Lipinski definition) is 9. The second-order valence-electron chi connectivity index (χ2n) is 15.9. The zero-order valence-corrected chi connectivity index (χ0v) is 27.3. The van der Waals surface area contributed by atoms with E-state index in [4.69, 9.17) is 5.73 Å². The summed E-state index contributed by atoms with van der Waals surface area (Å²) in [6, 6.07) is 1.90. The minimum absolute atomic E-state index is 0.00389. The van der Waals surface area contributed by atoms with Crippen LogP contribution in [0.25, 0.3) is 0 Å². The molecule has 0 spiro atoms. The third-order valence-corrected chi connectivity index (χ3v) is 9.43. The molecule has 1 aromatic carbocycles. The number of phenols is 1. The van der Waals surface area contributed by atoms with Crippen molar-refractivity contribution in [1.82, 2.24) is 10.6 Å². The summed E-state index contributed by atoms with van der Waals surface area (Å²) in [6.45, 7) is 18.1. The van der Waals surface area contributed by atoms with Gasteiger partial charge in [0.05, 0.1) is 11.5 Å². The maximum absolute atomic E-state index is 14.3. The molecule has 1 amide bonds. The number of carbonyl (C=O) groups excluding carboxylic acids is 5. The highest BCUT2D eigenvalue weighted by molar-refractivity contribution is 6.31. The van der Waals surface area contributed by atoms with E-state index in [0.29, 0.717) is 37.3 Å². The van der Waals surface area contributed by atoms with E-state index in [1.807, 2.05) is 6.07 Å². The summed E-state index contributed by atoms with van der Waals surface area (Å²) in [5.41, 5.74) is 4.74. The van der Waals surface area contributed by atoms with Crippen LogP contribution in [0.15, 0.2) is 6.07 Å². The summed E-state index contributed by atoms with van der Waals surface area (Å²) in [5.74, 6) is -11.4. The lowest BCUT2D eigenvalue weighted by Crippen LogP contribution is -2.71. The summed E-state index contributed by atoms with van der Waals surface area (Å²) in [5, 5.41) is 30.1. The molecule has 0 heterocycles. The lowest BCUT2D eigenvalue weighted by atomic mass is 9.49. The van der Waals surface area contributed by atoms with Gasteiger partial charge in [0, 0.05) is 43.6 Å². The molecule has 2 unspecified atom stereocenters. The predicted molar refractivity (Wildman–Crippen MR) is 165 cm³/mol. The number of rotatable bonds is 8. The quantitative estimate of drug-likeness (QED) is 0.277. The molecule has 4 rings (SSSR count). The number of amides is 1. The molecule has 44 heavy (non-hydrogen) atoms. The first-order valence-corrected chi connectivity index (χ1v) is 15.7. The summed E-state index contributed by atoms with van der Waals surface area (Å²) in [7, 11) is 0. The largest absolute Gasteiger partial charge is 0.507 e. The molecule has 10 nitrogen and oxygen atoms in total. The van der Waals surface area contributed by atoms with Crippen LogP contribution in [0.5, 0.6) is 5.75 Å². The van der Waals surface area contributed by atoms with Gasteiger partial charge in [-0.25, -0.2) is 0 Å². The second kappa shape index (κ2) is 11.8. The highest BCUT2D eigenvalue weighted by Crippen LogP contribution is 2.53. The van der Waals surface area contributed by atoms with E-state index in [1.54, 1.807) is 13.8 Å². The first kappa shape index (κ1) is 33.9. The second-order valence-corrected chi connectivity index (χ2v) is 15.9. The number of hydrogen-bond donors (Lipinski definition) is 5. The Hall–Kier alpha value is -2.95. The minimum atomic E-state index is -2.70. The first-order chi connectivity index (χ1) is 20.2. The van der Waals surface area contributed by atoms with E-state index >= 15 is 0 Å². The lowest BCUT2D eigenvalue weighted by molar-refractivity contribution is -0.182. The average Bonchev–Trinajstić information content (AvgIpc) is 2.86. The van der Waals surface area contributed by atoms with Crippen molar-refractivity contribution in [3.63, 3.8) is 0 Å². The Kier molecular flexibility index (Phi) is 9.07. The third-order valence-electron chi connectivity index (χ3n) is 9.43.